The van der Waals surface area contributed by atoms with Gasteiger partial charge in [0.05, 0.1) is 4.90 Å². The van der Waals surface area contributed by atoms with Gasteiger partial charge in [0.1, 0.15) is 5.78 Å². The number of Topliss-reactive ketones (excluding diaryl/α,β-unsaturated/α-hetero) is 1. The average Bonchev–Trinajstić information content (AvgIpc) is 3.05. The lowest BCUT2D eigenvalue weighted by Gasteiger charge is -2.35. The van der Waals surface area contributed by atoms with E-state index in [1.54, 1.807) is 19.1 Å². The highest BCUT2D eigenvalue weighted by molar-refractivity contribution is 7.89. The molecule has 0 aliphatic carbocycles. The van der Waals surface area contributed by atoms with Crippen molar-refractivity contribution in [2.24, 2.45) is 11.8 Å². The van der Waals surface area contributed by atoms with E-state index in [-0.39, 0.29) is 49.4 Å². The molecule has 0 saturated carbocycles. The molecule has 3 aliphatic heterocycles. The fourth-order valence-corrected chi connectivity index (χ4v) is 8.52. The van der Waals surface area contributed by atoms with Crippen molar-refractivity contribution in [1.82, 2.24) is 14.1 Å². The smallest absolute Gasteiger partial charge is 0.243 e. The zero-order valence-corrected chi connectivity index (χ0v) is 28.7. The van der Waals surface area contributed by atoms with Crippen molar-refractivity contribution < 1.29 is 22.8 Å². The number of aryl methyl sites for hydroxylation is 1. The molecule has 3 fully saturated rings. The topological polar surface area (TPSA) is 98.3 Å². The molecule has 250 valence electrons. The van der Waals surface area contributed by atoms with Crippen LogP contribution in [0.15, 0.2) is 47.4 Å². The van der Waals surface area contributed by atoms with Gasteiger partial charge in [0.15, 0.2) is 0 Å². The number of benzene rings is 2. The molecule has 5 rings (SSSR count). The molecule has 2 amide bonds. The first-order valence-electron chi connectivity index (χ1n) is 16.7. The van der Waals surface area contributed by atoms with Crippen LogP contribution < -0.4 is 4.90 Å². The highest BCUT2D eigenvalue weighted by Crippen LogP contribution is 2.29. The van der Waals surface area contributed by atoms with Crippen LogP contribution in [0.4, 0.5) is 5.69 Å². The van der Waals surface area contributed by atoms with Crippen LogP contribution in [-0.4, -0.2) is 92.5 Å². The van der Waals surface area contributed by atoms with E-state index in [9.17, 15) is 22.8 Å². The van der Waals surface area contributed by atoms with Crippen LogP contribution in [0, 0.1) is 18.8 Å². The van der Waals surface area contributed by atoms with Gasteiger partial charge < -0.3 is 14.7 Å². The van der Waals surface area contributed by atoms with Crippen molar-refractivity contribution >= 4 is 44.9 Å². The molecular weight excluding hydrogens is 624 g/mol. The number of piperidine rings is 3. The zero-order chi connectivity index (χ0) is 32.8. The van der Waals surface area contributed by atoms with Gasteiger partial charge >= 0.3 is 0 Å². The number of sulfonamides is 1. The van der Waals surface area contributed by atoms with E-state index < -0.39 is 10.0 Å². The van der Waals surface area contributed by atoms with Crippen molar-refractivity contribution in [3.8, 4) is 0 Å². The Bertz CT molecular complexity index is 1490. The summed E-state index contributed by atoms with van der Waals surface area (Å²) in [6.45, 7) is 8.83. The molecule has 0 N–H and O–H groups in total. The van der Waals surface area contributed by atoms with Crippen LogP contribution >= 0.6 is 11.6 Å². The molecule has 2 aromatic carbocycles. The molecule has 0 spiro atoms. The van der Waals surface area contributed by atoms with Gasteiger partial charge in [-0.2, -0.15) is 4.31 Å². The van der Waals surface area contributed by atoms with E-state index >= 15 is 0 Å². The number of likely N-dealkylation sites (tertiary alicyclic amines) is 2. The second kappa shape index (κ2) is 15.4. The maximum atomic E-state index is 13.8. The minimum absolute atomic E-state index is 0.0638. The standard InChI is InChI=1S/C35H47ClN4O5S/c1-26-4-7-31(25-34(26)36)40(35(43)30-12-20-38(21-13-30)27(2)41)17-3-16-37-18-10-29(11-19-37)24-28-5-8-33(9-6-28)46(44,45)39-22-14-32(42)15-23-39/h4-9,25,29-30H,3,10-24H2,1-2H3. The summed E-state index contributed by atoms with van der Waals surface area (Å²) in [5, 5.41) is 0.653. The first-order valence-corrected chi connectivity index (χ1v) is 18.5. The maximum Gasteiger partial charge on any atom is 0.243 e. The fourth-order valence-electron chi connectivity index (χ4n) is 6.90. The van der Waals surface area contributed by atoms with Gasteiger partial charge in [-0.1, -0.05) is 29.8 Å². The molecule has 3 saturated heterocycles. The highest BCUT2D eigenvalue weighted by Gasteiger charge is 2.31. The van der Waals surface area contributed by atoms with Gasteiger partial charge in [0.25, 0.3) is 0 Å². The predicted molar refractivity (Wildman–Crippen MR) is 180 cm³/mol. The molecule has 0 atom stereocenters. The third kappa shape index (κ3) is 8.56. The molecule has 0 unspecified atom stereocenters. The van der Waals surface area contributed by atoms with Gasteiger partial charge in [-0.15, -0.1) is 0 Å². The number of amides is 2. The largest absolute Gasteiger partial charge is 0.343 e. The molecule has 9 nitrogen and oxygen atoms in total. The van der Waals surface area contributed by atoms with E-state index in [0.717, 1.165) is 62.1 Å². The summed E-state index contributed by atoms with van der Waals surface area (Å²) >= 11 is 6.46. The fraction of sp³-hybridized carbons (Fsp3) is 0.571. The minimum Gasteiger partial charge on any atom is -0.343 e. The van der Waals surface area contributed by atoms with Gasteiger partial charge in [-0.25, -0.2) is 8.42 Å². The SMILES string of the molecule is CC(=O)N1CCC(C(=O)N(CCCN2CCC(Cc3ccc(S(=O)(=O)N4CCC(=O)CC4)cc3)CC2)c2ccc(C)c(Cl)c2)CC1. The van der Waals surface area contributed by atoms with E-state index in [0.29, 0.717) is 48.3 Å². The van der Waals surface area contributed by atoms with Gasteiger partial charge in [0.2, 0.25) is 21.8 Å². The van der Waals surface area contributed by atoms with Crippen LogP contribution in [-0.2, 0) is 30.8 Å². The van der Waals surface area contributed by atoms with Gasteiger partial charge in [-0.05, 0) is 106 Å². The van der Waals surface area contributed by atoms with E-state index in [2.05, 4.69) is 4.90 Å². The Labute approximate surface area is 278 Å². The lowest BCUT2D eigenvalue weighted by molar-refractivity contribution is -0.133. The van der Waals surface area contributed by atoms with Crippen molar-refractivity contribution in [3.63, 3.8) is 0 Å². The van der Waals surface area contributed by atoms with Crippen molar-refractivity contribution in [2.75, 3.05) is 57.3 Å². The second-order valence-electron chi connectivity index (χ2n) is 13.1. The Morgan fingerprint density at radius 3 is 2.17 bits per heavy atom. The number of carbonyl (C=O) groups is 3. The second-order valence-corrected chi connectivity index (χ2v) is 15.5. The number of hydrogen-bond acceptors (Lipinski definition) is 6. The number of ketones is 1. The van der Waals surface area contributed by atoms with Crippen molar-refractivity contribution in [1.29, 1.82) is 0 Å². The Balaban J connectivity index is 1.10. The van der Waals surface area contributed by atoms with Gasteiger partial charge in [-0.3, -0.25) is 14.4 Å². The van der Waals surface area contributed by atoms with E-state index in [1.165, 1.54) is 4.31 Å². The molecular formula is C35H47ClN4O5S. The third-order valence-corrected chi connectivity index (χ3v) is 12.3. The van der Waals surface area contributed by atoms with Crippen LogP contribution in [0.5, 0.6) is 0 Å². The number of nitrogens with zero attached hydrogens (tertiary/aromatic N) is 4. The first kappa shape index (κ1) is 34.5. The zero-order valence-electron chi connectivity index (χ0n) is 27.1. The number of hydrogen-bond donors (Lipinski definition) is 0. The summed E-state index contributed by atoms with van der Waals surface area (Å²) in [7, 11) is -3.57. The Morgan fingerprint density at radius 1 is 0.913 bits per heavy atom. The van der Waals surface area contributed by atoms with Crippen LogP contribution in [0.2, 0.25) is 5.02 Å². The summed E-state index contributed by atoms with van der Waals surface area (Å²) in [6.07, 6.45) is 5.87. The predicted octanol–water partition coefficient (Wildman–Crippen LogP) is 4.94. The number of anilines is 1. The lowest BCUT2D eigenvalue weighted by atomic mass is 9.90. The molecule has 3 heterocycles. The quantitative estimate of drug-likeness (QED) is 0.355. The molecule has 46 heavy (non-hydrogen) atoms. The van der Waals surface area contributed by atoms with E-state index in [4.69, 9.17) is 11.6 Å². The molecule has 2 aromatic rings. The Hall–Kier alpha value is -2.79. The van der Waals surface area contributed by atoms with Crippen molar-refractivity contribution in [2.45, 2.75) is 70.1 Å². The Morgan fingerprint density at radius 2 is 1.57 bits per heavy atom. The van der Waals surface area contributed by atoms with Gasteiger partial charge in [0, 0.05) is 69.1 Å². The highest BCUT2D eigenvalue weighted by atomic mass is 35.5. The summed E-state index contributed by atoms with van der Waals surface area (Å²) in [6, 6.07) is 13.1. The number of carbonyl (C=O) groups excluding carboxylic acids is 3. The molecule has 0 radical (unpaired) electrons. The maximum absolute atomic E-state index is 13.8. The summed E-state index contributed by atoms with van der Waals surface area (Å²) < 4.78 is 27.4. The number of rotatable bonds is 10. The van der Waals surface area contributed by atoms with Crippen molar-refractivity contribution in [3.05, 3.63) is 58.6 Å². The molecule has 0 aromatic heterocycles. The van der Waals surface area contributed by atoms with Crippen LogP contribution in [0.25, 0.3) is 0 Å². The third-order valence-electron chi connectivity index (χ3n) is 9.95. The molecule has 3 aliphatic rings. The Kier molecular flexibility index (Phi) is 11.6. The first-order chi connectivity index (χ1) is 22.0. The number of halogens is 1. The summed E-state index contributed by atoms with van der Waals surface area (Å²) in [5.74, 6) is 0.744. The molecule has 0 bridgehead atoms. The summed E-state index contributed by atoms with van der Waals surface area (Å²) in [5.41, 5.74) is 2.96. The minimum atomic E-state index is -3.57. The normalized spacial score (nSPS) is 19.4. The lowest BCUT2D eigenvalue weighted by Crippen LogP contribution is -2.45. The van der Waals surface area contributed by atoms with Crippen LogP contribution in [0.3, 0.4) is 0 Å². The monoisotopic (exact) mass is 670 g/mol. The average molecular weight is 671 g/mol. The van der Waals surface area contributed by atoms with Crippen LogP contribution in [0.1, 0.15) is 63.0 Å². The summed E-state index contributed by atoms with van der Waals surface area (Å²) in [4.78, 5) is 43.6. The van der Waals surface area contributed by atoms with E-state index in [1.807, 2.05) is 47.1 Å². The molecule has 11 heteroatoms.